The highest BCUT2D eigenvalue weighted by molar-refractivity contribution is 5.82. The van der Waals surface area contributed by atoms with Gasteiger partial charge in [-0.05, 0) is 46.1 Å². The maximum atomic E-state index is 12.3. The van der Waals surface area contributed by atoms with Crippen LogP contribution in [0.25, 0.3) is 0 Å². The molecule has 2 heterocycles. The number of carbonyl (C=O) groups excluding carboxylic acids is 1. The van der Waals surface area contributed by atoms with E-state index < -0.39 is 5.60 Å². The third kappa shape index (κ3) is 2.23. The van der Waals surface area contributed by atoms with Crippen LogP contribution in [-0.4, -0.2) is 46.7 Å². The van der Waals surface area contributed by atoms with Gasteiger partial charge in [0.1, 0.15) is 0 Å². The highest BCUT2D eigenvalue weighted by Gasteiger charge is 2.40. The van der Waals surface area contributed by atoms with E-state index in [2.05, 4.69) is 5.32 Å². The van der Waals surface area contributed by atoms with Crippen molar-refractivity contribution in [2.45, 2.75) is 57.2 Å². The molecule has 0 aromatic heterocycles. The van der Waals surface area contributed by atoms with Crippen molar-refractivity contribution in [3.63, 3.8) is 0 Å². The quantitative estimate of drug-likeness (QED) is 0.721. The molecule has 0 aromatic carbocycles. The van der Waals surface area contributed by atoms with Crippen molar-refractivity contribution in [3.05, 3.63) is 0 Å². The molecule has 92 valence electrons. The number of nitrogens with one attached hydrogen (secondary N) is 1. The molecule has 2 N–H and O–H groups in total. The van der Waals surface area contributed by atoms with Crippen LogP contribution in [0.2, 0.25) is 0 Å². The van der Waals surface area contributed by atoms with Crippen LogP contribution in [0.1, 0.15) is 39.5 Å². The second-order valence-corrected chi connectivity index (χ2v) is 5.49. The fourth-order valence-electron chi connectivity index (χ4n) is 2.86. The molecule has 2 aliphatic rings. The Hall–Kier alpha value is -0.610. The first-order valence-corrected chi connectivity index (χ1v) is 6.26. The van der Waals surface area contributed by atoms with Gasteiger partial charge in [0.05, 0.1) is 17.7 Å². The molecule has 0 aliphatic carbocycles. The summed E-state index contributed by atoms with van der Waals surface area (Å²) in [5, 5.41) is 13.3. The highest BCUT2D eigenvalue weighted by atomic mass is 16.3. The fraction of sp³-hybridized carbons (Fsp3) is 0.917. The van der Waals surface area contributed by atoms with E-state index >= 15 is 0 Å². The number of likely N-dealkylation sites (tertiary alicyclic amines) is 1. The van der Waals surface area contributed by atoms with E-state index in [4.69, 9.17) is 0 Å². The van der Waals surface area contributed by atoms with Crippen LogP contribution in [0.5, 0.6) is 0 Å². The maximum Gasteiger partial charge on any atom is 0.240 e. The summed E-state index contributed by atoms with van der Waals surface area (Å²) in [5.41, 5.74) is -0.787. The second-order valence-electron chi connectivity index (χ2n) is 5.49. The molecule has 2 saturated heterocycles. The standard InChI is InChI=1S/C12H22N2O2/c1-12(2,16)10-6-4-8-14(10)11(15)9-5-3-7-13-9/h9-10,13,16H,3-8H2,1-2H3/t9-,10-/m0/s1. The first kappa shape index (κ1) is 11.9. The van der Waals surface area contributed by atoms with Crippen LogP contribution in [0.3, 0.4) is 0 Å². The summed E-state index contributed by atoms with van der Waals surface area (Å²) in [7, 11) is 0. The lowest BCUT2D eigenvalue weighted by Gasteiger charge is -2.35. The molecule has 16 heavy (non-hydrogen) atoms. The van der Waals surface area contributed by atoms with E-state index in [1.54, 1.807) is 13.8 Å². The van der Waals surface area contributed by atoms with Crippen LogP contribution in [-0.2, 0) is 4.79 Å². The summed E-state index contributed by atoms with van der Waals surface area (Å²) >= 11 is 0. The van der Waals surface area contributed by atoms with Crippen molar-refractivity contribution in [1.29, 1.82) is 0 Å². The van der Waals surface area contributed by atoms with Crippen molar-refractivity contribution in [3.8, 4) is 0 Å². The number of aliphatic hydroxyl groups is 1. The smallest absolute Gasteiger partial charge is 0.240 e. The Labute approximate surface area is 97.0 Å². The van der Waals surface area contributed by atoms with Gasteiger partial charge in [0.15, 0.2) is 0 Å². The van der Waals surface area contributed by atoms with Crippen LogP contribution in [0.4, 0.5) is 0 Å². The maximum absolute atomic E-state index is 12.3. The Morgan fingerprint density at radius 2 is 2.12 bits per heavy atom. The minimum Gasteiger partial charge on any atom is -0.388 e. The third-order valence-electron chi connectivity index (χ3n) is 3.71. The van der Waals surface area contributed by atoms with Gasteiger partial charge in [0.25, 0.3) is 0 Å². The van der Waals surface area contributed by atoms with Crippen LogP contribution in [0, 0.1) is 0 Å². The van der Waals surface area contributed by atoms with E-state index in [0.29, 0.717) is 0 Å². The zero-order chi connectivity index (χ0) is 11.8. The molecule has 4 nitrogen and oxygen atoms in total. The lowest BCUT2D eigenvalue weighted by atomic mass is 9.96. The van der Waals surface area contributed by atoms with Crippen molar-refractivity contribution in [1.82, 2.24) is 10.2 Å². The molecule has 4 heteroatoms. The van der Waals surface area contributed by atoms with E-state index in [9.17, 15) is 9.90 Å². The fourth-order valence-corrected chi connectivity index (χ4v) is 2.86. The average Bonchev–Trinajstić information content (AvgIpc) is 2.87. The summed E-state index contributed by atoms with van der Waals surface area (Å²) in [6.07, 6.45) is 3.94. The van der Waals surface area contributed by atoms with Crippen LogP contribution >= 0.6 is 0 Å². The Morgan fingerprint density at radius 1 is 1.38 bits per heavy atom. The molecule has 0 radical (unpaired) electrons. The number of rotatable bonds is 2. The van der Waals surface area contributed by atoms with Gasteiger partial charge in [0.2, 0.25) is 5.91 Å². The van der Waals surface area contributed by atoms with Crippen molar-refractivity contribution in [2.75, 3.05) is 13.1 Å². The number of hydrogen-bond donors (Lipinski definition) is 2. The van der Waals surface area contributed by atoms with Crippen molar-refractivity contribution in [2.24, 2.45) is 0 Å². The normalized spacial score (nSPS) is 31.1. The summed E-state index contributed by atoms with van der Waals surface area (Å²) in [6, 6.07) is -0.0228. The summed E-state index contributed by atoms with van der Waals surface area (Å²) in [6.45, 7) is 5.33. The van der Waals surface area contributed by atoms with Gasteiger partial charge in [-0.1, -0.05) is 0 Å². The lowest BCUT2D eigenvalue weighted by molar-refractivity contribution is -0.138. The Morgan fingerprint density at radius 3 is 2.69 bits per heavy atom. The van der Waals surface area contributed by atoms with Crippen molar-refractivity contribution >= 4 is 5.91 Å². The molecule has 2 fully saturated rings. The monoisotopic (exact) mass is 226 g/mol. The predicted molar refractivity (Wildman–Crippen MR) is 62.1 cm³/mol. The van der Waals surface area contributed by atoms with Gasteiger partial charge < -0.3 is 15.3 Å². The SMILES string of the molecule is CC(C)(O)[C@@H]1CCCN1C(=O)[C@@H]1CCCN1. The number of carbonyl (C=O) groups is 1. The average molecular weight is 226 g/mol. The lowest BCUT2D eigenvalue weighted by Crippen LogP contribution is -2.52. The van der Waals surface area contributed by atoms with E-state index in [0.717, 1.165) is 38.8 Å². The summed E-state index contributed by atoms with van der Waals surface area (Å²) < 4.78 is 0. The second kappa shape index (κ2) is 4.34. The van der Waals surface area contributed by atoms with Gasteiger partial charge >= 0.3 is 0 Å². The number of nitrogens with zero attached hydrogens (tertiary/aromatic N) is 1. The van der Waals surface area contributed by atoms with E-state index in [1.807, 2.05) is 4.90 Å². The summed E-state index contributed by atoms with van der Waals surface area (Å²) in [5.74, 6) is 0.183. The van der Waals surface area contributed by atoms with Crippen molar-refractivity contribution < 1.29 is 9.90 Å². The molecular formula is C12H22N2O2. The highest BCUT2D eigenvalue weighted by Crippen LogP contribution is 2.28. The third-order valence-corrected chi connectivity index (χ3v) is 3.71. The molecule has 0 unspecified atom stereocenters. The topological polar surface area (TPSA) is 52.6 Å². The molecule has 0 aromatic rings. The Balaban J connectivity index is 2.04. The molecule has 0 spiro atoms. The zero-order valence-electron chi connectivity index (χ0n) is 10.2. The predicted octanol–water partition coefficient (Wildman–Crippen LogP) is 0.500. The van der Waals surface area contributed by atoms with Crippen LogP contribution in [0.15, 0.2) is 0 Å². The minimum atomic E-state index is -0.787. The van der Waals surface area contributed by atoms with Crippen LogP contribution < -0.4 is 5.32 Å². The van der Waals surface area contributed by atoms with E-state index in [1.165, 1.54) is 0 Å². The van der Waals surface area contributed by atoms with Gasteiger partial charge in [-0.15, -0.1) is 0 Å². The molecule has 0 saturated carbocycles. The Kier molecular flexibility index (Phi) is 3.22. The first-order valence-electron chi connectivity index (χ1n) is 6.26. The minimum absolute atomic E-state index is 0.0112. The molecule has 2 atom stereocenters. The Bertz CT molecular complexity index is 267. The van der Waals surface area contributed by atoms with Gasteiger partial charge in [0, 0.05) is 6.54 Å². The zero-order valence-corrected chi connectivity index (χ0v) is 10.2. The number of amides is 1. The summed E-state index contributed by atoms with van der Waals surface area (Å²) in [4.78, 5) is 14.1. The largest absolute Gasteiger partial charge is 0.388 e. The molecule has 1 amide bonds. The van der Waals surface area contributed by atoms with E-state index in [-0.39, 0.29) is 18.0 Å². The van der Waals surface area contributed by atoms with Gasteiger partial charge in [-0.2, -0.15) is 0 Å². The number of hydrogen-bond acceptors (Lipinski definition) is 3. The van der Waals surface area contributed by atoms with Gasteiger partial charge in [-0.3, -0.25) is 4.79 Å². The molecular weight excluding hydrogens is 204 g/mol. The molecule has 2 rings (SSSR count). The molecule has 0 bridgehead atoms. The first-order chi connectivity index (χ1) is 7.50. The van der Waals surface area contributed by atoms with Gasteiger partial charge in [-0.25, -0.2) is 0 Å². The molecule has 2 aliphatic heterocycles.